The lowest BCUT2D eigenvalue weighted by molar-refractivity contribution is 0.227. The smallest absolute Gasteiger partial charge is 0.0462 e. The first-order chi connectivity index (χ1) is 7.54. The average Bonchev–Trinajstić information content (AvgIpc) is 2.20. The maximum absolute atomic E-state index is 6.21. The van der Waals surface area contributed by atoms with Gasteiger partial charge >= 0.3 is 0 Å². The van der Waals surface area contributed by atoms with E-state index in [4.69, 9.17) is 11.6 Å². The van der Waals surface area contributed by atoms with Crippen molar-refractivity contribution in [3.05, 3.63) is 33.3 Å². The van der Waals surface area contributed by atoms with E-state index in [-0.39, 0.29) is 0 Å². The van der Waals surface area contributed by atoms with Crippen molar-refractivity contribution in [3.63, 3.8) is 0 Å². The maximum atomic E-state index is 6.21. The number of alkyl halides is 1. The third-order valence-electron chi connectivity index (χ3n) is 2.49. The van der Waals surface area contributed by atoms with Gasteiger partial charge in [0, 0.05) is 34.0 Å². The lowest BCUT2D eigenvalue weighted by atomic mass is 10.2. The highest BCUT2D eigenvalue weighted by Crippen LogP contribution is 2.23. The summed E-state index contributed by atoms with van der Waals surface area (Å²) in [6.07, 6.45) is 0. The van der Waals surface area contributed by atoms with Gasteiger partial charge in [0.25, 0.3) is 0 Å². The zero-order valence-electron chi connectivity index (χ0n) is 9.51. The van der Waals surface area contributed by atoms with Gasteiger partial charge in [0.05, 0.1) is 0 Å². The standard InChI is InChI=1S/C12H16Br2ClN/c1-9(2)16(6-5-13)8-10-3-4-11(14)7-12(10)15/h3-4,7,9H,5-6,8H2,1-2H3. The summed E-state index contributed by atoms with van der Waals surface area (Å²) in [6, 6.07) is 6.59. The van der Waals surface area contributed by atoms with Gasteiger partial charge in [-0.25, -0.2) is 0 Å². The molecule has 0 atom stereocenters. The third-order valence-corrected chi connectivity index (χ3v) is 3.69. The summed E-state index contributed by atoms with van der Waals surface area (Å²) in [7, 11) is 0. The molecular weight excluding hydrogens is 353 g/mol. The van der Waals surface area contributed by atoms with Crippen LogP contribution in [-0.4, -0.2) is 22.8 Å². The molecular formula is C12H16Br2ClN. The fourth-order valence-corrected chi connectivity index (χ4v) is 2.69. The lowest BCUT2D eigenvalue weighted by Crippen LogP contribution is -2.32. The van der Waals surface area contributed by atoms with Crippen LogP contribution in [0.25, 0.3) is 0 Å². The highest BCUT2D eigenvalue weighted by Gasteiger charge is 2.11. The minimum atomic E-state index is 0.525. The zero-order chi connectivity index (χ0) is 12.1. The lowest BCUT2D eigenvalue weighted by Gasteiger charge is -2.26. The average molecular weight is 370 g/mol. The van der Waals surface area contributed by atoms with E-state index in [0.717, 1.165) is 27.9 Å². The van der Waals surface area contributed by atoms with Gasteiger partial charge in [-0.15, -0.1) is 0 Å². The molecule has 0 radical (unpaired) electrons. The predicted octanol–water partition coefficient (Wildman–Crippen LogP) is 4.71. The van der Waals surface area contributed by atoms with Crippen molar-refractivity contribution in [2.45, 2.75) is 26.4 Å². The van der Waals surface area contributed by atoms with Gasteiger partial charge in [-0.3, -0.25) is 4.90 Å². The summed E-state index contributed by atoms with van der Waals surface area (Å²) in [4.78, 5) is 2.39. The summed E-state index contributed by atoms with van der Waals surface area (Å²) >= 11 is 13.1. The molecule has 0 unspecified atom stereocenters. The van der Waals surface area contributed by atoms with Crippen molar-refractivity contribution in [1.29, 1.82) is 0 Å². The second-order valence-corrected chi connectivity index (χ2v) is 6.10. The Morgan fingerprint density at radius 3 is 2.56 bits per heavy atom. The second kappa shape index (κ2) is 7.00. The first-order valence-corrected chi connectivity index (χ1v) is 7.57. The normalized spacial score (nSPS) is 11.4. The zero-order valence-corrected chi connectivity index (χ0v) is 13.4. The third kappa shape index (κ3) is 4.36. The molecule has 0 N–H and O–H groups in total. The van der Waals surface area contributed by atoms with Crippen LogP contribution in [0.15, 0.2) is 22.7 Å². The summed E-state index contributed by atoms with van der Waals surface area (Å²) in [6.45, 7) is 6.34. The van der Waals surface area contributed by atoms with Gasteiger partial charge in [-0.1, -0.05) is 49.5 Å². The van der Waals surface area contributed by atoms with Gasteiger partial charge in [-0.2, -0.15) is 0 Å². The van der Waals surface area contributed by atoms with E-state index >= 15 is 0 Å². The van der Waals surface area contributed by atoms with E-state index < -0.39 is 0 Å². The van der Waals surface area contributed by atoms with E-state index in [1.54, 1.807) is 0 Å². The van der Waals surface area contributed by atoms with E-state index in [2.05, 4.69) is 56.7 Å². The molecule has 0 heterocycles. The quantitative estimate of drug-likeness (QED) is 0.680. The Labute approximate surface area is 119 Å². The molecule has 0 spiro atoms. The van der Waals surface area contributed by atoms with E-state index in [0.29, 0.717) is 6.04 Å². The summed E-state index contributed by atoms with van der Waals surface area (Å²) < 4.78 is 1.03. The molecule has 1 aromatic rings. The molecule has 0 amide bonds. The highest BCUT2D eigenvalue weighted by atomic mass is 79.9. The number of benzene rings is 1. The fourth-order valence-electron chi connectivity index (χ4n) is 1.50. The van der Waals surface area contributed by atoms with Crippen LogP contribution < -0.4 is 0 Å². The molecule has 0 bridgehead atoms. The predicted molar refractivity (Wildman–Crippen MR) is 78.5 cm³/mol. The van der Waals surface area contributed by atoms with Gasteiger partial charge in [-0.05, 0) is 31.5 Å². The van der Waals surface area contributed by atoms with Crippen LogP contribution in [0, 0.1) is 0 Å². The first-order valence-electron chi connectivity index (χ1n) is 5.28. The van der Waals surface area contributed by atoms with Crippen LogP contribution in [0.2, 0.25) is 5.02 Å². The van der Waals surface area contributed by atoms with Crippen molar-refractivity contribution in [3.8, 4) is 0 Å². The van der Waals surface area contributed by atoms with Crippen LogP contribution in [0.5, 0.6) is 0 Å². The molecule has 0 aromatic heterocycles. The van der Waals surface area contributed by atoms with Crippen molar-refractivity contribution in [2.24, 2.45) is 0 Å². The molecule has 4 heteroatoms. The molecule has 1 rings (SSSR count). The van der Waals surface area contributed by atoms with Gasteiger partial charge < -0.3 is 0 Å². The molecule has 0 aliphatic carbocycles. The number of hydrogen-bond acceptors (Lipinski definition) is 1. The number of rotatable bonds is 5. The Kier molecular flexibility index (Phi) is 6.34. The number of nitrogens with zero attached hydrogens (tertiary/aromatic N) is 1. The molecule has 0 aliphatic rings. The Hall–Kier alpha value is 0.430. The Morgan fingerprint density at radius 2 is 2.06 bits per heavy atom. The molecule has 0 fully saturated rings. The SMILES string of the molecule is CC(C)N(CCBr)Cc1ccc(Br)cc1Cl. The van der Waals surface area contributed by atoms with Crippen LogP contribution >= 0.6 is 43.5 Å². The molecule has 0 saturated carbocycles. The van der Waals surface area contributed by atoms with Crippen molar-refractivity contribution in [2.75, 3.05) is 11.9 Å². The maximum Gasteiger partial charge on any atom is 0.0462 e. The van der Waals surface area contributed by atoms with Crippen LogP contribution in [-0.2, 0) is 6.54 Å². The minimum Gasteiger partial charge on any atom is -0.296 e. The molecule has 1 aromatic carbocycles. The first kappa shape index (κ1) is 14.5. The Balaban J connectivity index is 2.77. The second-order valence-electron chi connectivity index (χ2n) is 3.99. The Morgan fingerprint density at radius 1 is 1.38 bits per heavy atom. The summed E-state index contributed by atoms with van der Waals surface area (Å²) in [5, 5.41) is 1.81. The van der Waals surface area contributed by atoms with E-state index in [1.807, 2.05) is 12.1 Å². The van der Waals surface area contributed by atoms with Crippen molar-refractivity contribution >= 4 is 43.5 Å². The fraction of sp³-hybridized carbons (Fsp3) is 0.500. The number of hydrogen-bond donors (Lipinski definition) is 0. The van der Waals surface area contributed by atoms with Crippen LogP contribution in [0.4, 0.5) is 0 Å². The number of halogens is 3. The summed E-state index contributed by atoms with van der Waals surface area (Å²) in [5.41, 5.74) is 1.18. The van der Waals surface area contributed by atoms with Gasteiger partial charge in [0.1, 0.15) is 0 Å². The van der Waals surface area contributed by atoms with E-state index in [9.17, 15) is 0 Å². The van der Waals surface area contributed by atoms with Crippen LogP contribution in [0.3, 0.4) is 0 Å². The molecule has 0 aliphatic heterocycles. The van der Waals surface area contributed by atoms with Crippen LogP contribution in [0.1, 0.15) is 19.4 Å². The topological polar surface area (TPSA) is 3.24 Å². The summed E-state index contributed by atoms with van der Waals surface area (Å²) in [5.74, 6) is 0. The molecule has 1 nitrogen and oxygen atoms in total. The molecule has 0 saturated heterocycles. The van der Waals surface area contributed by atoms with Crippen molar-refractivity contribution < 1.29 is 0 Å². The van der Waals surface area contributed by atoms with Crippen molar-refractivity contribution in [1.82, 2.24) is 4.90 Å². The molecule has 90 valence electrons. The van der Waals surface area contributed by atoms with E-state index in [1.165, 1.54) is 5.56 Å². The minimum absolute atomic E-state index is 0.525. The monoisotopic (exact) mass is 367 g/mol. The molecule has 16 heavy (non-hydrogen) atoms. The van der Waals surface area contributed by atoms with Gasteiger partial charge in [0.2, 0.25) is 0 Å². The Bertz CT molecular complexity index is 342. The van der Waals surface area contributed by atoms with Gasteiger partial charge in [0.15, 0.2) is 0 Å². The largest absolute Gasteiger partial charge is 0.296 e. The highest BCUT2D eigenvalue weighted by molar-refractivity contribution is 9.10.